The summed E-state index contributed by atoms with van der Waals surface area (Å²) in [6, 6.07) is 0. The lowest BCUT2D eigenvalue weighted by Crippen LogP contribution is -2.03. The molecule has 0 aromatic carbocycles. The van der Waals surface area contributed by atoms with Crippen LogP contribution in [-0.2, 0) is 9.59 Å². The van der Waals surface area contributed by atoms with Crippen molar-refractivity contribution in [3.8, 4) is 0 Å². The lowest BCUT2D eigenvalue weighted by atomic mass is 10.3. The molecule has 4 heteroatoms. The number of nitrogens with two attached hydrogens (primary N) is 2. The minimum atomic E-state index is 0.250. The maximum Gasteiger partial charge on any atom is 0.373 e. The van der Waals surface area contributed by atoms with Gasteiger partial charge in [-0.25, -0.2) is 0 Å². The molecule has 0 aromatic rings. The molecule has 0 spiro atoms. The van der Waals surface area contributed by atoms with E-state index in [0.717, 1.165) is 25.9 Å². The standard InChI is InChI=1S/C4H12N2.CO2/c5-3-1-2-4-6;2-1-3/h1-6H2;. The van der Waals surface area contributed by atoms with Gasteiger partial charge in [0.25, 0.3) is 0 Å². The van der Waals surface area contributed by atoms with Crippen LogP contribution in [0.5, 0.6) is 0 Å². The smallest absolute Gasteiger partial charge is 0.330 e. The molecule has 0 unspecified atom stereocenters. The largest absolute Gasteiger partial charge is 0.373 e. The van der Waals surface area contributed by atoms with Crippen LogP contribution in [0, 0.1) is 0 Å². The highest BCUT2D eigenvalue weighted by atomic mass is 16.2. The van der Waals surface area contributed by atoms with Gasteiger partial charge in [-0.3, -0.25) is 0 Å². The van der Waals surface area contributed by atoms with Crippen molar-refractivity contribution < 1.29 is 9.59 Å². The first-order valence-electron chi connectivity index (χ1n) is 2.72. The number of hydrogen-bond donors (Lipinski definition) is 2. The van der Waals surface area contributed by atoms with E-state index in [4.69, 9.17) is 21.1 Å². The zero-order chi connectivity index (χ0) is 7.54. The van der Waals surface area contributed by atoms with E-state index in [9.17, 15) is 0 Å². The number of unbranched alkanes of at least 4 members (excludes halogenated alkanes) is 1. The van der Waals surface area contributed by atoms with Gasteiger partial charge < -0.3 is 11.5 Å². The molecule has 9 heavy (non-hydrogen) atoms. The van der Waals surface area contributed by atoms with Crippen LogP contribution in [0.4, 0.5) is 0 Å². The summed E-state index contributed by atoms with van der Waals surface area (Å²) in [5.74, 6) is 0. The molecule has 0 saturated heterocycles. The Bertz CT molecular complexity index is 65.4. The quantitative estimate of drug-likeness (QED) is 0.487. The minimum Gasteiger partial charge on any atom is -0.330 e. The molecule has 0 aromatic heterocycles. The molecule has 0 rings (SSSR count). The third kappa shape index (κ3) is 38.8. The van der Waals surface area contributed by atoms with E-state index in [-0.39, 0.29) is 6.15 Å². The molecule has 4 N–H and O–H groups in total. The molecule has 54 valence electrons. The second-order valence-corrected chi connectivity index (χ2v) is 1.37. The van der Waals surface area contributed by atoms with Crippen molar-refractivity contribution in [2.45, 2.75) is 12.8 Å². The fourth-order valence-electron chi connectivity index (χ4n) is 0.289. The Morgan fingerprint density at radius 2 is 1.22 bits per heavy atom. The molecule has 0 aliphatic rings. The van der Waals surface area contributed by atoms with Crippen molar-refractivity contribution in [1.82, 2.24) is 0 Å². The molecular weight excluding hydrogens is 120 g/mol. The first kappa shape index (κ1) is 11.1. The van der Waals surface area contributed by atoms with Crippen molar-refractivity contribution in [3.05, 3.63) is 0 Å². The number of hydrogen-bond acceptors (Lipinski definition) is 4. The molecule has 0 bridgehead atoms. The van der Waals surface area contributed by atoms with Crippen LogP contribution < -0.4 is 11.5 Å². The summed E-state index contributed by atoms with van der Waals surface area (Å²) in [7, 11) is 0. The zero-order valence-electron chi connectivity index (χ0n) is 5.30. The highest BCUT2D eigenvalue weighted by molar-refractivity contribution is 5.20. The molecule has 0 saturated carbocycles. The third-order valence-electron chi connectivity index (χ3n) is 0.658. The Kier molecular flexibility index (Phi) is 19.4. The Balaban J connectivity index is 0. The average molecular weight is 132 g/mol. The van der Waals surface area contributed by atoms with E-state index in [2.05, 4.69) is 0 Å². The van der Waals surface area contributed by atoms with Crippen LogP contribution in [0.15, 0.2) is 0 Å². The van der Waals surface area contributed by atoms with Crippen molar-refractivity contribution in [2.24, 2.45) is 11.5 Å². The van der Waals surface area contributed by atoms with Crippen LogP contribution in [-0.4, -0.2) is 19.2 Å². The molecule has 0 heterocycles. The molecule has 0 aliphatic heterocycles. The predicted molar refractivity (Wildman–Crippen MR) is 32.3 cm³/mol. The topological polar surface area (TPSA) is 86.2 Å². The summed E-state index contributed by atoms with van der Waals surface area (Å²) in [4.78, 5) is 16.2. The molecular formula is C5H12N2O2. The highest BCUT2D eigenvalue weighted by Crippen LogP contribution is 1.77. The minimum absolute atomic E-state index is 0.250. The van der Waals surface area contributed by atoms with Crippen molar-refractivity contribution in [3.63, 3.8) is 0 Å². The van der Waals surface area contributed by atoms with E-state index in [1.54, 1.807) is 0 Å². The third-order valence-corrected chi connectivity index (χ3v) is 0.658. The lowest BCUT2D eigenvalue weighted by Gasteiger charge is -1.87. The van der Waals surface area contributed by atoms with Gasteiger partial charge in [-0.15, -0.1) is 0 Å². The van der Waals surface area contributed by atoms with Crippen molar-refractivity contribution >= 4 is 6.15 Å². The Labute approximate surface area is 54.2 Å². The normalized spacial score (nSPS) is 6.89. The van der Waals surface area contributed by atoms with Crippen LogP contribution in [0.2, 0.25) is 0 Å². The maximum absolute atomic E-state index is 8.12. The Hall–Kier alpha value is -0.700. The average Bonchev–Trinajstić information content (AvgIpc) is 1.86. The molecule has 0 atom stereocenters. The van der Waals surface area contributed by atoms with Gasteiger partial charge in [0.05, 0.1) is 0 Å². The first-order chi connectivity index (χ1) is 4.33. The summed E-state index contributed by atoms with van der Waals surface area (Å²) in [6.45, 7) is 1.55. The second kappa shape index (κ2) is 15.7. The monoisotopic (exact) mass is 132 g/mol. The Morgan fingerprint density at radius 1 is 1.00 bits per heavy atom. The predicted octanol–water partition coefficient (Wildman–Crippen LogP) is -0.900. The molecule has 0 radical (unpaired) electrons. The van der Waals surface area contributed by atoms with E-state index >= 15 is 0 Å². The van der Waals surface area contributed by atoms with Gasteiger partial charge in [0.15, 0.2) is 0 Å². The van der Waals surface area contributed by atoms with E-state index in [0.29, 0.717) is 0 Å². The van der Waals surface area contributed by atoms with E-state index in [1.165, 1.54) is 0 Å². The highest BCUT2D eigenvalue weighted by Gasteiger charge is 1.75. The number of carbonyl (C=O) groups excluding carboxylic acids is 2. The molecule has 0 fully saturated rings. The fraction of sp³-hybridized carbons (Fsp3) is 0.800. The summed E-state index contributed by atoms with van der Waals surface area (Å²) >= 11 is 0. The van der Waals surface area contributed by atoms with Crippen molar-refractivity contribution in [2.75, 3.05) is 13.1 Å². The van der Waals surface area contributed by atoms with Gasteiger partial charge in [0.2, 0.25) is 0 Å². The molecule has 0 amide bonds. The SMILES string of the molecule is NCCCCN.O=C=O. The zero-order valence-corrected chi connectivity index (χ0v) is 5.30. The summed E-state index contributed by atoms with van der Waals surface area (Å²) in [6.07, 6.45) is 2.38. The van der Waals surface area contributed by atoms with Crippen LogP contribution >= 0.6 is 0 Å². The van der Waals surface area contributed by atoms with Crippen LogP contribution in [0.1, 0.15) is 12.8 Å². The van der Waals surface area contributed by atoms with Gasteiger partial charge in [-0.2, -0.15) is 9.59 Å². The molecule has 0 aliphatic carbocycles. The second-order valence-electron chi connectivity index (χ2n) is 1.37. The molecule has 4 nitrogen and oxygen atoms in total. The fourth-order valence-corrected chi connectivity index (χ4v) is 0.289. The van der Waals surface area contributed by atoms with E-state index in [1.807, 2.05) is 0 Å². The lowest BCUT2D eigenvalue weighted by molar-refractivity contribution is -0.191. The van der Waals surface area contributed by atoms with E-state index < -0.39 is 0 Å². The van der Waals surface area contributed by atoms with Gasteiger partial charge in [0, 0.05) is 0 Å². The first-order valence-corrected chi connectivity index (χ1v) is 2.72. The maximum atomic E-state index is 8.12. The Morgan fingerprint density at radius 3 is 1.33 bits per heavy atom. The van der Waals surface area contributed by atoms with Gasteiger partial charge in [0.1, 0.15) is 0 Å². The van der Waals surface area contributed by atoms with Crippen LogP contribution in [0.25, 0.3) is 0 Å². The van der Waals surface area contributed by atoms with Crippen molar-refractivity contribution in [1.29, 1.82) is 0 Å². The summed E-state index contributed by atoms with van der Waals surface area (Å²) in [5.41, 5.74) is 10.3. The summed E-state index contributed by atoms with van der Waals surface area (Å²) in [5, 5.41) is 0. The van der Waals surface area contributed by atoms with Crippen LogP contribution in [0.3, 0.4) is 0 Å². The van der Waals surface area contributed by atoms with Gasteiger partial charge in [-0.1, -0.05) is 0 Å². The summed E-state index contributed by atoms with van der Waals surface area (Å²) < 4.78 is 0. The number of rotatable bonds is 3. The van der Waals surface area contributed by atoms with Gasteiger partial charge >= 0.3 is 6.15 Å². The van der Waals surface area contributed by atoms with Gasteiger partial charge in [-0.05, 0) is 25.9 Å².